The minimum atomic E-state index is -0.293. The Labute approximate surface area is 181 Å². The lowest BCUT2D eigenvalue weighted by Crippen LogP contribution is -2.19. The van der Waals surface area contributed by atoms with E-state index in [1.807, 2.05) is 48.5 Å². The summed E-state index contributed by atoms with van der Waals surface area (Å²) in [5, 5.41) is 5.73. The van der Waals surface area contributed by atoms with Crippen LogP contribution < -0.4 is 15.4 Å². The summed E-state index contributed by atoms with van der Waals surface area (Å²) in [7, 11) is 1.60. The van der Waals surface area contributed by atoms with E-state index >= 15 is 0 Å². The monoisotopic (exact) mass is 414 g/mol. The van der Waals surface area contributed by atoms with Crippen LogP contribution >= 0.6 is 0 Å². The molecule has 0 unspecified atom stereocenters. The minimum Gasteiger partial charge on any atom is -0.497 e. The van der Waals surface area contributed by atoms with Crippen LogP contribution in [-0.4, -0.2) is 22.7 Å². The second kappa shape index (κ2) is 9.34. The number of urea groups is 1. The number of carbonyl (C=O) groups excluding carboxylic acids is 1. The van der Waals surface area contributed by atoms with Crippen LogP contribution in [0.1, 0.15) is 18.3 Å². The zero-order chi connectivity index (χ0) is 21.6. The highest BCUT2D eigenvalue weighted by atomic mass is 16.5. The van der Waals surface area contributed by atoms with Gasteiger partial charge in [0.1, 0.15) is 11.6 Å². The maximum Gasteiger partial charge on any atom is 0.323 e. The Balaban J connectivity index is 1.41. The molecule has 6 heteroatoms. The fourth-order valence-electron chi connectivity index (χ4n) is 3.72. The summed E-state index contributed by atoms with van der Waals surface area (Å²) in [5.41, 5.74) is 4.77. The van der Waals surface area contributed by atoms with Crippen LogP contribution in [0.3, 0.4) is 0 Å². The number of carbonyl (C=O) groups is 1. The number of nitrogens with zero attached hydrogens (tertiary/aromatic N) is 2. The van der Waals surface area contributed by atoms with E-state index in [0.717, 1.165) is 42.0 Å². The summed E-state index contributed by atoms with van der Waals surface area (Å²) < 4.78 is 7.45. The zero-order valence-electron chi connectivity index (χ0n) is 17.8. The molecule has 0 radical (unpaired) electrons. The number of amides is 2. The van der Waals surface area contributed by atoms with Crippen molar-refractivity contribution in [2.75, 3.05) is 17.7 Å². The van der Waals surface area contributed by atoms with Gasteiger partial charge in [-0.15, -0.1) is 0 Å². The van der Waals surface area contributed by atoms with Gasteiger partial charge < -0.3 is 19.9 Å². The highest BCUT2D eigenvalue weighted by molar-refractivity contribution is 5.99. The molecule has 0 aliphatic heterocycles. The van der Waals surface area contributed by atoms with E-state index in [2.05, 4.69) is 40.3 Å². The molecule has 0 atom stereocenters. The molecule has 4 aromatic rings. The number of hydrogen-bond donors (Lipinski definition) is 2. The van der Waals surface area contributed by atoms with Gasteiger partial charge in [-0.1, -0.05) is 30.3 Å². The standard InChI is InChI=1S/C25H26N4O2/c1-3-29-23-13-5-4-12-22(23)28-24(29)15-14-18-8-6-9-19(16-18)26-25(30)27-20-10-7-11-21(17-20)31-2/h4-13,16-17H,3,14-15H2,1-2H3,(H2,26,27,30). The normalized spacial score (nSPS) is 10.8. The fraction of sp³-hybridized carbons (Fsp3) is 0.200. The lowest BCUT2D eigenvalue weighted by Gasteiger charge is -2.10. The van der Waals surface area contributed by atoms with E-state index in [9.17, 15) is 4.79 Å². The second-order valence-electron chi connectivity index (χ2n) is 7.27. The quantitative estimate of drug-likeness (QED) is 0.420. The van der Waals surface area contributed by atoms with Crippen LogP contribution in [0.15, 0.2) is 72.8 Å². The number of fused-ring (bicyclic) bond motifs is 1. The number of aromatic nitrogens is 2. The molecule has 2 amide bonds. The molecule has 158 valence electrons. The summed E-state index contributed by atoms with van der Waals surface area (Å²) in [6.07, 6.45) is 1.68. The number of anilines is 2. The lowest BCUT2D eigenvalue weighted by molar-refractivity contribution is 0.262. The van der Waals surface area contributed by atoms with Gasteiger partial charge in [0.15, 0.2) is 0 Å². The van der Waals surface area contributed by atoms with E-state index < -0.39 is 0 Å². The number of ether oxygens (including phenoxy) is 1. The van der Waals surface area contributed by atoms with Crippen LogP contribution in [0.4, 0.5) is 16.2 Å². The lowest BCUT2D eigenvalue weighted by atomic mass is 10.1. The minimum absolute atomic E-state index is 0.293. The summed E-state index contributed by atoms with van der Waals surface area (Å²) in [6, 6.07) is 23.1. The van der Waals surface area contributed by atoms with Gasteiger partial charge >= 0.3 is 6.03 Å². The molecule has 2 N–H and O–H groups in total. The number of aryl methyl sites for hydroxylation is 3. The first-order valence-electron chi connectivity index (χ1n) is 10.4. The molecule has 1 heterocycles. The number of benzene rings is 3. The molecular formula is C25H26N4O2. The Morgan fingerprint density at radius 2 is 1.68 bits per heavy atom. The topological polar surface area (TPSA) is 68.2 Å². The van der Waals surface area contributed by atoms with Gasteiger partial charge in [-0.05, 0) is 55.3 Å². The van der Waals surface area contributed by atoms with Gasteiger partial charge in [-0.3, -0.25) is 0 Å². The molecule has 0 spiro atoms. The molecule has 0 saturated carbocycles. The van der Waals surface area contributed by atoms with Crippen LogP contribution in [0.25, 0.3) is 11.0 Å². The molecule has 1 aromatic heterocycles. The van der Waals surface area contributed by atoms with Gasteiger partial charge in [0.05, 0.1) is 18.1 Å². The van der Waals surface area contributed by atoms with E-state index in [1.54, 1.807) is 13.2 Å². The number of rotatable bonds is 7. The Bertz CT molecular complexity index is 1200. The van der Waals surface area contributed by atoms with Crippen molar-refractivity contribution < 1.29 is 9.53 Å². The van der Waals surface area contributed by atoms with Crippen molar-refractivity contribution >= 4 is 28.4 Å². The summed E-state index contributed by atoms with van der Waals surface area (Å²) in [4.78, 5) is 17.2. The van der Waals surface area contributed by atoms with Gasteiger partial charge in [-0.2, -0.15) is 0 Å². The first-order valence-corrected chi connectivity index (χ1v) is 10.4. The molecule has 31 heavy (non-hydrogen) atoms. The Hall–Kier alpha value is -3.80. The van der Waals surface area contributed by atoms with E-state index in [1.165, 1.54) is 5.52 Å². The van der Waals surface area contributed by atoms with E-state index in [4.69, 9.17) is 9.72 Å². The van der Waals surface area contributed by atoms with Gasteiger partial charge in [0.25, 0.3) is 0 Å². The van der Waals surface area contributed by atoms with Crippen LogP contribution in [0.2, 0.25) is 0 Å². The number of methoxy groups -OCH3 is 1. The van der Waals surface area contributed by atoms with Crippen molar-refractivity contribution in [2.45, 2.75) is 26.3 Å². The predicted octanol–water partition coefficient (Wildman–Crippen LogP) is 5.49. The maximum absolute atomic E-state index is 12.4. The number of para-hydroxylation sites is 2. The largest absolute Gasteiger partial charge is 0.497 e. The predicted molar refractivity (Wildman–Crippen MR) is 125 cm³/mol. The molecule has 0 fully saturated rings. The average molecular weight is 415 g/mol. The molecule has 0 bridgehead atoms. The fourth-order valence-corrected chi connectivity index (χ4v) is 3.72. The molecule has 3 aromatic carbocycles. The van der Waals surface area contributed by atoms with Crippen molar-refractivity contribution in [3.63, 3.8) is 0 Å². The van der Waals surface area contributed by atoms with Gasteiger partial charge in [0.2, 0.25) is 0 Å². The summed E-state index contributed by atoms with van der Waals surface area (Å²) in [5.74, 6) is 1.77. The van der Waals surface area contributed by atoms with Crippen molar-refractivity contribution in [1.29, 1.82) is 0 Å². The van der Waals surface area contributed by atoms with Crippen LogP contribution in [-0.2, 0) is 19.4 Å². The summed E-state index contributed by atoms with van der Waals surface area (Å²) in [6.45, 7) is 3.03. The first-order chi connectivity index (χ1) is 15.2. The molecule has 0 aliphatic carbocycles. The van der Waals surface area contributed by atoms with Crippen molar-refractivity contribution in [1.82, 2.24) is 9.55 Å². The van der Waals surface area contributed by atoms with E-state index in [0.29, 0.717) is 11.4 Å². The smallest absolute Gasteiger partial charge is 0.323 e. The maximum atomic E-state index is 12.4. The second-order valence-corrected chi connectivity index (χ2v) is 7.27. The third-order valence-electron chi connectivity index (χ3n) is 5.20. The molecule has 4 rings (SSSR count). The number of imidazole rings is 1. The first kappa shape index (κ1) is 20.5. The third kappa shape index (κ3) is 4.86. The van der Waals surface area contributed by atoms with Gasteiger partial charge in [0, 0.05) is 30.4 Å². The van der Waals surface area contributed by atoms with Crippen molar-refractivity contribution in [2.24, 2.45) is 0 Å². The van der Waals surface area contributed by atoms with Crippen molar-refractivity contribution in [3.8, 4) is 5.75 Å². The van der Waals surface area contributed by atoms with Crippen LogP contribution in [0.5, 0.6) is 5.75 Å². The third-order valence-corrected chi connectivity index (χ3v) is 5.20. The SMILES string of the molecule is CCn1c(CCc2cccc(NC(=O)Nc3cccc(OC)c3)c2)nc2ccccc21. The average Bonchev–Trinajstić information content (AvgIpc) is 3.15. The Morgan fingerprint density at radius 1 is 0.935 bits per heavy atom. The Morgan fingerprint density at radius 3 is 2.45 bits per heavy atom. The highest BCUT2D eigenvalue weighted by Gasteiger charge is 2.10. The molecule has 0 saturated heterocycles. The molecule has 6 nitrogen and oxygen atoms in total. The molecule has 0 aliphatic rings. The highest BCUT2D eigenvalue weighted by Crippen LogP contribution is 2.20. The van der Waals surface area contributed by atoms with Crippen LogP contribution in [0, 0.1) is 0 Å². The number of hydrogen-bond acceptors (Lipinski definition) is 3. The molecular weight excluding hydrogens is 388 g/mol. The van der Waals surface area contributed by atoms with Crippen molar-refractivity contribution in [3.05, 3.63) is 84.2 Å². The summed E-state index contributed by atoms with van der Waals surface area (Å²) >= 11 is 0. The van der Waals surface area contributed by atoms with E-state index in [-0.39, 0.29) is 6.03 Å². The zero-order valence-corrected chi connectivity index (χ0v) is 17.8. The van der Waals surface area contributed by atoms with Gasteiger partial charge in [-0.25, -0.2) is 9.78 Å². The Kier molecular flexibility index (Phi) is 6.17. The number of nitrogens with one attached hydrogen (secondary N) is 2.